The zero-order chi connectivity index (χ0) is 79.5. The molecule has 0 bridgehead atoms. The number of amides is 1. The molecular weight excluding hydrogens is 1390 g/mol. The third-order valence-corrected chi connectivity index (χ3v) is 21.3. The van der Waals surface area contributed by atoms with E-state index in [1.165, 1.54) is 199 Å². The van der Waals surface area contributed by atoms with Crippen molar-refractivity contribution in [3.05, 3.63) is 109 Å². The van der Waals surface area contributed by atoms with Gasteiger partial charge >= 0.3 is 0 Å². The number of aliphatic hydroxyl groups is 11. The molecule has 3 saturated heterocycles. The maximum Gasteiger partial charge on any atom is 0.220 e. The highest BCUT2D eigenvalue weighted by Gasteiger charge is 2.54. The van der Waals surface area contributed by atoms with Crippen molar-refractivity contribution in [2.75, 3.05) is 26.4 Å². The number of hydrogen-bond donors (Lipinski definition) is 12. The van der Waals surface area contributed by atoms with Crippen LogP contribution in [-0.2, 0) is 33.2 Å². The number of nitrogens with one attached hydrogen (secondary N) is 1. The Morgan fingerprint density at radius 3 is 1.02 bits per heavy atom. The van der Waals surface area contributed by atoms with Crippen molar-refractivity contribution in [1.82, 2.24) is 5.32 Å². The number of hydrogen-bond acceptors (Lipinski definition) is 18. The largest absolute Gasteiger partial charge is 0.394 e. The minimum absolute atomic E-state index is 0.226. The molecule has 1 amide bonds. The lowest BCUT2D eigenvalue weighted by Gasteiger charge is -2.48. The summed E-state index contributed by atoms with van der Waals surface area (Å²) in [4.78, 5) is 13.5. The SMILES string of the molecule is CC/C=C\C/C=C\C/C=C\C/C=C\C/C=C\C/C=C\C/C=C\CCCCCCCCCCCCCC(=O)NC(COC1OC(CO)C(OC2OC(CO)C(OC3OC(CO)C(O)C(O)C3O)C(O)C2O)C(O)C1O)C(O)/C=C/CC/C=C/CCCCCCCCCCCCCCCCCCCCCCCCCCCC. The lowest BCUT2D eigenvalue weighted by Crippen LogP contribution is -2.66. The fourth-order valence-corrected chi connectivity index (χ4v) is 14.3. The summed E-state index contributed by atoms with van der Waals surface area (Å²) in [6.07, 6.45) is 70.9. The van der Waals surface area contributed by atoms with E-state index >= 15 is 0 Å². The van der Waals surface area contributed by atoms with E-state index in [1.807, 2.05) is 6.08 Å². The quantitative estimate of drug-likeness (QED) is 0.0199. The summed E-state index contributed by atoms with van der Waals surface area (Å²) in [6, 6.07) is -1.00. The predicted octanol–water partition coefficient (Wildman–Crippen LogP) is 16.5. The first-order valence-electron chi connectivity index (χ1n) is 44.1. The van der Waals surface area contributed by atoms with E-state index in [2.05, 4.69) is 116 Å². The van der Waals surface area contributed by atoms with E-state index in [1.54, 1.807) is 6.08 Å². The Bertz CT molecular complexity index is 2410. The Kier molecular flexibility index (Phi) is 63.8. The maximum atomic E-state index is 13.5. The Balaban J connectivity index is 1.36. The molecule has 19 nitrogen and oxygen atoms in total. The molecule has 17 unspecified atom stereocenters. The lowest BCUT2D eigenvalue weighted by molar-refractivity contribution is -0.379. The van der Waals surface area contributed by atoms with Gasteiger partial charge in [0.1, 0.15) is 73.2 Å². The van der Waals surface area contributed by atoms with Gasteiger partial charge in [0.2, 0.25) is 5.91 Å². The zero-order valence-electron chi connectivity index (χ0n) is 68.5. The molecule has 3 heterocycles. The maximum absolute atomic E-state index is 13.5. The van der Waals surface area contributed by atoms with Crippen LogP contribution in [0.4, 0.5) is 0 Å². The molecule has 0 saturated carbocycles. The van der Waals surface area contributed by atoms with Gasteiger partial charge in [-0.05, 0) is 89.9 Å². The molecule has 3 fully saturated rings. The van der Waals surface area contributed by atoms with Gasteiger partial charge in [0.15, 0.2) is 18.9 Å². The molecule has 0 aliphatic carbocycles. The van der Waals surface area contributed by atoms with Gasteiger partial charge < -0.3 is 89.9 Å². The summed E-state index contributed by atoms with van der Waals surface area (Å²) >= 11 is 0. The standard InChI is InChI=1S/C91H159NO18/c1-3-5-7-9-11-13-15-17-19-21-23-25-27-29-31-33-35-37-39-41-43-45-47-49-51-53-55-57-59-61-63-65-67-69-79(97)92-74(75(96)68-66-64-62-60-58-56-54-52-50-48-46-44-42-40-38-36-34-32-30-28-26-24-22-20-18-16-14-12-10-8-6-4-2)73-105-89-85(103)82(100)87(77(71-94)107-89)110-91-86(104)83(101)88(78(72-95)108-91)109-90-84(102)81(99)80(98)76(70-93)106-90/h5,7,11,13,17,19,23,25,29,31,35,37,41,43,58,60,66,68,74-78,80-91,93-96,98-104H,3-4,6,8-10,12,14-16,18,20-22,24,26-28,30,32-34,36,38-40,42,44-57,59,61-65,67,69-73H2,1-2H3,(H,92,97)/b7-5-,13-11-,19-17-,25-23-,31-29-,37-35-,43-41-,60-58+,68-66+. The Labute approximate surface area is 665 Å². The first-order valence-corrected chi connectivity index (χ1v) is 44.1. The van der Waals surface area contributed by atoms with E-state index in [0.717, 1.165) is 96.3 Å². The Morgan fingerprint density at radius 1 is 0.336 bits per heavy atom. The molecule has 636 valence electrons. The number of aliphatic hydroxyl groups excluding tert-OH is 11. The fraction of sp³-hybridized carbons (Fsp3) is 0.791. The van der Waals surface area contributed by atoms with Crippen LogP contribution in [0.5, 0.6) is 0 Å². The molecule has 17 atom stereocenters. The van der Waals surface area contributed by atoms with Gasteiger partial charge in [-0.25, -0.2) is 0 Å². The predicted molar refractivity (Wildman–Crippen MR) is 443 cm³/mol. The molecule has 0 aromatic rings. The van der Waals surface area contributed by atoms with Gasteiger partial charge in [-0.1, -0.05) is 342 Å². The van der Waals surface area contributed by atoms with Gasteiger partial charge in [0.25, 0.3) is 0 Å². The molecule has 3 aliphatic rings. The van der Waals surface area contributed by atoms with Crippen molar-refractivity contribution in [2.45, 2.75) is 433 Å². The van der Waals surface area contributed by atoms with E-state index in [9.17, 15) is 61.0 Å². The highest BCUT2D eigenvalue weighted by Crippen LogP contribution is 2.33. The first-order chi connectivity index (χ1) is 53.8. The summed E-state index contributed by atoms with van der Waals surface area (Å²) in [5, 5.41) is 121. The van der Waals surface area contributed by atoms with Gasteiger partial charge in [0.05, 0.1) is 38.6 Å². The summed E-state index contributed by atoms with van der Waals surface area (Å²) in [5.41, 5.74) is 0. The second-order valence-electron chi connectivity index (χ2n) is 31.0. The topological polar surface area (TPSA) is 307 Å². The van der Waals surface area contributed by atoms with Crippen LogP contribution in [-0.4, -0.2) is 193 Å². The third kappa shape index (κ3) is 48.1. The monoisotopic (exact) mass is 1550 g/mol. The van der Waals surface area contributed by atoms with Crippen LogP contribution in [0.25, 0.3) is 0 Å². The van der Waals surface area contributed by atoms with E-state index < -0.39 is 124 Å². The van der Waals surface area contributed by atoms with Crippen LogP contribution >= 0.6 is 0 Å². The molecule has 3 rings (SSSR count). The molecule has 0 spiro atoms. The Morgan fingerprint density at radius 2 is 0.636 bits per heavy atom. The van der Waals surface area contributed by atoms with Crippen molar-refractivity contribution < 1.29 is 89.4 Å². The summed E-state index contributed by atoms with van der Waals surface area (Å²) in [7, 11) is 0. The summed E-state index contributed by atoms with van der Waals surface area (Å²) < 4.78 is 34.5. The molecule has 0 aromatic carbocycles. The normalized spacial score (nSPS) is 25.7. The van der Waals surface area contributed by atoms with E-state index in [0.29, 0.717) is 12.8 Å². The van der Waals surface area contributed by atoms with Crippen molar-refractivity contribution in [1.29, 1.82) is 0 Å². The van der Waals surface area contributed by atoms with Crippen LogP contribution in [0, 0.1) is 0 Å². The highest BCUT2D eigenvalue weighted by molar-refractivity contribution is 5.76. The fourth-order valence-electron chi connectivity index (χ4n) is 14.3. The van der Waals surface area contributed by atoms with Crippen LogP contribution in [0.1, 0.15) is 328 Å². The van der Waals surface area contributed by atoms with Gasteiger partial charge in [-0.2, -0.15) is 0 Å². The molecule has 12 N–H and O–H groups in total. The Hall–Kier alpha value is -3.55. The minimum Gasteiger partial charge on any atom is -0.394 e. The van der Waals surface area contributed by atoms with Crippen molar-refractivity contribution in [3.63, 3.8) is 0 Å². The number of carbonyl (C=O) groups excluding carboxylic acids is 1. The van der Waals surface area contributed by atoms with Crippen molar-refractivity contribution >= 4 is 5.91 Å². The molecule has 19 heteroatoms. The van der Waals surface area contributed by atoms with E-state index in [4.69, 9.17) is 28.4 Å². The number of rotatable bonds is 70. The average molecular weight is 1560 g/mol. The van der Waals surface area contributed by atoms with Crippen LogP contribution < -0.4 is 5.32 Å². The highest BCUT2D eigenvalue weighted by atomic mass is 16.8. The smallest absolute Gasteiger partial charge is 0.220 e. The lowest BCUT2D eigenvalue weighted by atomic mass is 9.96. The second-order valence-corrected chi connectivity index (χ2v) is 31.0. The molecule has 0 radical (unpaired) electrons. The van der Waals surface area contributed by atoms with Crippen LogP contribution in [0.15, 0.2) is 109 Å². The van der Waals surface area contributed by atoms with Gasteiger partial charge in [-0.15, -0.1) is 0 Å². The van der Waals surface area contributed by atoms with Crippen molar-refractivity contribution in [3.8, 4) is 0 Å². The summed E-state index contributed by atoms with van der Waals surface area (Å²) in [5.74, 6) is -0.289. The van der Waals surface area contributed by atoms with Gasteiger partial charge in [-0.3, -0.25) is 4.79 Å². The van der Waals surface area contributed by atoms with Crippen molar-refractivity contribution in [2.24, 2.45) is 0 Å². The first kappa shape index (κ1) is 101. The van der Waals surface area contributed by atoms with Gasteiger partial charge in [0, 0.05) is 6.42 Å². The van der Waals surface area contributed by atoms with E-state index in [-0.39, 0.29) is 18.9 Å². The molecule has 110 heavy (non-hydrogen) atoms. The minimum atomic E-state index is -1.99. The summed E-state index contributed by atoms with van der Waals surface area (Å²) in [6.45, 7) is 1.63. The zero-order valence-corrected chi connectivity index (χ0v) is 68.5. The molecule has 0 aromatic heterocycles. The third-order valence-electron chi connectivity index (χ3n) is 21.3. The second kappa shape index (κ2) is 69.7. The van der Waals surface area contributed by atoms with Crippen LogP contribution in [0.2, 0.25) is 0 Å². The van der Waals surface area contributed by atoms with Crippen LogP contribution in [0.3, 0.4) is 0 Å². The number of allylic oxidation sites excluding steroid dienone is 17. The average Bonchev–Trinajstić information content (AvgIpc) is 0.780. The number of unbranched alkanes of at least 4 members (excludes halogenated alkanes) is 38. The number of carbonyl (C=O) groups is 1. The molecule has 3 aliphatic heterocycles. The number of ether oxygens (including phenoxy) is 6. The molecular formula is C91H159NO18.